The predicted octanol–water partition coefficient (Wildman–Crippen LogP) is 2.22. The van der Waals surface area contributed by atoms with Gasteiger partial charge in [-0.25, -0.2) is 0 Å². The summed E-state index contributed by atoms with van der Waals surface area (Å²) in [6.07, 6.45) is 2.78. The van der Waals surface area contributed by atoms with E-state index in [-0.39, 0.29) is 0 Å². The number of benzene rings is 1. The molecule has 0 spiro atoms. The van der Waals surface area contributed by atoms with Crippen LogP contribution in [-0.4, -0.2) is 11.4 Å². The van der Waals surface area contributed by atoms with E-state index in [4.69, 9.17) is 16.1 Å². The van der Waals surface area contributed by atoms with Crippen LogP contribution in [0.3, 0.4) is 0 Å². The van der Waals surface area contributed by atoms with Crippen molar-refractivity contribution in [1.29, 1.82) is 0 Å². The minimum absolute atomic E-state index is 0.362. The van der Waals surface area contributed by atoms with Crippen LogP contribution in [0.1, 0.15) is 5.56 Å². The lowest BCUT2D eigenvalue weighted by molar-refractivity contribution is -0.107. The standard InChI is InChI=1S/C9H6ClNO2/c10-8-4-6(1-2-12)3-7-5-11-13-9(7)8/h2-5H,1H2. The number of carbonyl (C=O) groups excluding carboxylic acids is 1. The zero-order chi connectivity index (χ0) is 9.26. The van der Waals surface area contributed by atoms with Crippen molar-refractivity contribution in [2.45, 2.75) is 6.42 Å². The van der Waals surface area contributed by atoms with Gasteiger partial charge in [-0.1, -0.05) is 16.8 Å². The second-order valence-electron chi connectivity index (χ2n) is 2.69. The fraction of sp³-hybridized carbons (Fsp3) is 0.111. The summed E-state index contributed by atoms with van der Waals surface area (Å²) < 4.78 is 4.91. The molecular weight excluding hydrogens is 190 g/mol. The van der Waals surface area contributed by atoms with Crippen molar-refractivity contribution in [2.75, 3.05) is 0 Å². The maximum atomic E-state index is 10.3. The Morgan fingerprint density at radius 2 is 2.38 bits per heavy atom. The molecule has 0 saturated heterocycles. The largest absolute Gasteiger partial charge is 0.355 e. The average molecular weight is 196 g/mol. The van der Waals surface area contributed by atoms with Crippen LogP contribution < -0.4 is 0 Å². The molecule has 0 aliphatic heterocycles. The van der Waals surface area contributed by atoms with Gasteiger partial charge in [-0.3, -0.25) is 0 Å². The third-order valence-corrected chi connectivity index (χ3v) is 2.07. The molecule has 1 aromatic heterocycles. The molecule has 0 aliphatic rings. The zero-order valence-electron chi connectivity index (χ0n) is 6.66. The molecule has 0 N–H and O–H groups in total. The van der Waals surface area contributed by atoms with Crippen LogP contribution in [0.4, 0.5) is 0 Å². The number of aromatic nitrogens is 1. The molecule has 0 bridgehead atoms. The van der Waals surface area contributed by atoms with Crippen LogP contribution >= 0.6 is 11.6 Å². The zero-order valence-corrected chi connectivity index (χ0v) is 7.41. The molecule has 0 amide bonds. The molecular formula is C9H6ClNO2. The van der Waals surface area contributed by atoms with Gasteiger partial charge in [0.1, 0.15) is 6.29 Å². The number of fused-ring (bicyclic) bond motifs is 1. The first-order valence-electron chi connectivity index (χ1n) is 3.77. The third kappa shape index (κ3) is 1.42. The fourth-order valence-corrected chi connectivity index (χ4v) is 1.50. The molecule has 66 valence electrons. The van der Waals surface area contributed by atoms with Crippen LogP contribution in [0.25, 0.3) is 11.0 Å². The first kappa shape index (κ1) is 8.26. The second kappa shape index (κ2) is 3.18. The van der Waals surface area contributed by atoms with Gasteiger partial charge in [0.2, 0.25) is 0 Å². The highest BCUT2D eigenvalue weighted by Crippen LogP contribution is 2.24. The monoisotopic (exact) mass is 195 g/mol. The van der Waals surface area contributed by atoms with Crippen LogP contribution in [-0.2, 0) is 11.2 Å². The van der Waals surface area contributed by atoms with Crippen LogP contribution in [0, 0.1) is 0 Å². The van der Waals surface area contributed by atoms with Gasteiger partial charge in [-0.2, -0.15) is 0 Å². The topological polar surface area (TPSA) is 43.1 Å². The molecule has 2 rings (SSSR count). The lowest BCUT2D eigenvalue weighted by atomic mass is 10.1. The van der Waals surface area contributed by atoms with Crippen molar-refractivity contribution in [1.82, 2.24) is 5.16 Å². The molecule has 1 heterocycles. The van der Waals surface area contributed by atoms with E-state index in [0.29, 0.717) is 17.0 Å². The van der Waals surface area contributed by atoms with Gasteiger partial charge < -0.3 is 9.32 Å². The highest BCUT2D eigenvalue weighted by atomic mass is 35.5. The molecule has 0 aliphatic carbocycles. The molecule has 13 heavy (non-hydrogen) atoms. The number of nitrogens with zero attached hydrogens (tertiary/aromatic N) is 1. The highest BCUT2D eigenvalue weighted by molar-refractivity contribution is 6.34. The Morgan fingerprint density at radius 1 is 1.54 bits per heavy atom. The summed E-state index contributed by atoms with van der Waals surface area (Å²) in [5, 5.41) is 4.93. The van der Waals surface area contributed by atoms with Gasteiger partial charge in [0.25, 0.3) is 0 Å². The van der Waals surface area contributed by atoms with Crippen molar-refractivity contribution >= 4 is 28.9 Å². The van der Waals surface area contributed by atoms with E-state index in [0.717, 1.165) is 17.2 Å². The van der Waals surface area contributed by atoms with E-state index in [9.17, 15) is 4.79 Å². The Morgan fingerprint density at radius 3 is 3.15 bits per heavy atom. The summed E-state index contributed by atoms with van der Waals surface area (Å²) in [5.41, 5.74) is 1.44. The SMILES string of the molecule is O=CCc1cc(Cl)c2oncc2c1. The number of aldehydes is 1. The number of rotatable bonds is 2. The van der Waals surface area contributed by atoms with Gasteiger partial charge in [-0.05, 0) is 17.7 Å². The molecule has 0 atom stereocenters. The Labute approximate surface area is 79.3 Å². The summed E-state index contributed by atoms with van der Waals surface area (Å²) in [5.74, 6) is 0. The van der Waals surface area contributed by atoms with E-state index in [2.05, 4.69) is 5.16 Å². The van der Waals surface area contributed by atoms with Gasteiger partial charge in [0.05, 0.1) is 11.2 Å². The highest BCUT2D eigenvalue weighted by Gasteiger charge is 2.05. The smallest absolute Gasteiger partial charge is 0.185 e. The second-order valence-corrected chi connectivity index (χ2v) is 3.10. The summed E-state index contributed by atoms with van der Waals surface area (Å²) in [6, 6.07) is 3.55. The van der Waals surface area contributed by atoms with E-state index >= 15 is 0 Å². The average Bonchev–Trinajstić information content (AvgIpc) is 2.53. The van der Waals surface area contributed by atoms with E-state index in [1.54, 1.807) is 12.3 Å². The first-order chi connectivity index (χ1) is 6.31. The predicted molar refractivity (Wildman–Crippen MR) is 48.8 cm³/mol. The van der Waals surface area contributed by atoms with E-state index < -0.39 is 0 Å². The number of carbonyl (C=O) groups is 1. The molecule has 0 radical (unpaired) electrons. The molecule has 0 saturated carbocycles. The summed E-state index contributed by atoms with van der Waals surface area (Å²) >= 11 is 5.89. The van der Waals surface area contributed by atoms with Crippen LogP contribution in [0.15, 0.2) is 22.9 Å². The molecule has 1 aromatic carbocycles. The van der Waals surface area contributed by atoms with Crippen molar-refractivity contribution in [3.05, 3.63) is 28.9 Å². The lowest BCUT2D eigenvalue weighted by Gasteiger charge is -1.96. The first-order valence-corrected chi connectivity index (χ1v) is 4.15. The molecule has 3 nitrogen and oxygen atoms in total. The minimum atomic E-state index is 0.362. The molecule has 2 aromatic rings. The van der Waals surface area contributed by atoms with Crippen molar-refractivity contribution in [2.24, 2.45) is 0 Å². The van der Waals surface area contributed by atoms with Gasteiger partial charge in [-0.15, -0.1) is 0 Å². The fourth-order valence-electron chi connectivity index (χ4n) is 1.22. The maximum Gasteiger partial charge on any atom is 0.185 e. The normalized spacial score (nSPS) is 10.5. The van der Waals surface area contributed by atoms with E-state index in [1.165, 1.54) is 0 Å². The molecule has 0 fully saturated rings. The number of hydrogen-bond donors (Lipinski definition) is 0. The van der Waals surface area contributed by atoms with Gasteiger partial charge in [0.15, 0.2) is 5.58 Å². The number of hydrogen-bond acceptors (Lipinski definition) is 3. The summed E-state index contributed by atoms with van der Waals surface area (Å²) in [6.45, 7) is 0. The maximum absolute atomic E-state index is 10.3. The van der Waals surface area contributed by atoms with Crippen molar-refractivity contribution < 1.29 is 9.32 Å². The van der Waals surface area contributed by atoms with Gasteiger partial charge >= 0.3 is 0 Å². The number of halogens is 1. The van der Waals surface area contributed by atoms with Gasteiger partial charge in [0, 0.05) is 11.8 Å². The summed E-state index contributed by atoms with van der Waals surface area (Å²) in [7, 11) is 0. The van der Waals surface area contributed by atoms with Crippen molar-refractivity contribution in [3.63, 3.8) is 0 Å². The molecule has 0 unspecified atom stereocenters. The summed E-state index contributed by atoms with van der Waals surface area (Å²) in [4.78, 5) is 10.3. The Kier molecular flexibility index (Phi) is 2.02. The van der Waals surface area contributed by atoms with Crippen molar-refractivity contribution in [3.8, 4) is 0 Å². The lowest BCUT2D eigenvalue weighted by Crippen LogP contribution is -1.84. The molecule has 4 heteroatoms. The van der Waals surface area contributed by atoms with Crippen LogP contribution in [0.5, 0.6) is 0 Å². The minimum Gasteiger partial charge on any atom is -0.355 e. The Hall–Kier alpha value is -1.35. The Bertz CT molecular complexity index is 450. The Balaban J connectivity index is 2.62. The third-order valence-electron chi connectivity index (χ3n) is 1.79. The van der Waals surface area contributed by atoms with Crippen LogP contribution in [0.2, 0.25) is 5.02 Å². The quantitative estimate of drug-likeness (QED) is 0.691. The van der Waals surface area contributed by atoms with E-state index in [1.807, 2.05) is 6.07 Å².